The van der Waals surface area contributed by atoms with Crippen molar-refractivity contribution in [2.45, 2.75) is 52.0 Å². The van der Waals surface area contributed by atoms with Gasteiger partial charge in [-0.2, -0.15) is 0 Å². The summed E-state index contributed by atoms with van der Waals surface area (Å²) in [4.78, 5) is 11.4. The normalized spacial score (nSPS) is 15.3. The third kappa shape index (κ3) is 3.02. The fourth-order valence-electron chi connectivity index (χ4n) is 2.22. The van der Waals surface area contributed by atoms with Gasteiger partial charge in [0.05, 0.1) is 6.61 Å². The average Bonchev–Trinajstić information content (AvgIpc) is 3.19. The van der Waals surface area contributed by atoms with Gasteiger partial charge in [-0.15, -0.1) is 0 Å². The molecule has 20 heavy (non-hydrogen) atoms. The predicted molar refractivity (Wildman–Crippen MR) is 80.7 cm³/mol. The molecule has 0 aliphatic heterocycles. The Bertz CT molecular complexity index is 479. The topological polar surface area (TPSA) is 87.3 Å². The Labute approximate surface area is 120 Å². The van der Waals surface area contributed by atoms with Gasteiger partial charge in [0, 0.05) is 23.6 Å². The zero-order valence-electron chi connectivity index (χ0n) is 12.8. The molecule has 2 rings (SSSR count). The molecule has 112 valence electrons. The summed E-state index contributed by atoms with van der Waals surface area (Å²) >= 11 is 0. The second-order valence-corrected chi connectivity index (χ2v) is 6.39. The number of anilines is 2. The first-order valence-electron chi connectivity index (χ1n) is 7.11. The van der Waals surface area contributed by atoms with E-state index in [0.29, 0.717) is 18.4 Å². The number of nitrogen functional groups attached to an aromatic ring is 1. The molecule has 1 aliphatic rings. The molecule has 0 amide bonds. The van der Waals surface area contributed by atoms with Gasteiger partial charge in [0.2, 0.25) is 0 Å². The predicted octanol–water partition coefficient (Wildman–Crippen LogP) is 1.33. The fraction of sp³-hybridized carbons (Fsp3) is 0.714. The van der Waals surface area contributed by atoms with E-state index >= 15 is 0 Å². The van der Waals surface area contributed by atoms with E-state index < -0.39 is 0 Å². The van der Waals surface area contributed by atoms with Crippen LogP contribution in [0.5, 0.6) is 0 Å². The lowest BCUT2D eigenvalue weighted by atomic mass is 9.95. The summed E-state index contributed by atoms with van der Waals surface area (Å²) < 4.78 is 0. The quantitative estimate of drug-likeness (QED) is 0.557. The lowest BCUT2D eigenvalue weighted by Gasteiger charge is -2.27. The van der Waals surface area contributed by atoms with Crippen LogP contribution < -0.4 is 16.2 Å². The van der Waals surface area contributed by atoms with Crippen LogP contribution in [0.25, 0.3) is 0 Å². The maximum atomic E-state index is 9.30. The summed E-state index contributed by atoms with van der Waals surface area (Å²) in [6.45, 7) is 8.91. The second-order valence-electron chi connectivity index (χ2n) is 6.39. The van der Waals surface area contributed by atoms with Crippen molar-refractivity contribution >= 4 is 11.6 Å². The largest absolute Gasteiger partial charge is 0.395 e. The number of aliphatic hydroxyl groups excluding tert-OH is 1. The van der Waals surface area contributed by atoms with Crippen molar-refractivity contribution in [2.24, 2.45) is 5.84 Å². The van der Waals surface area contributed by atoms with Crippen LogP contribution in [-0.4, -0.2) is 34.3 Å². The van der Waals surface area contributed by atoms with E-state index in [-0.39, 0.29) is 12.0 Å². The van der Waals surface area contributed by atoms with Crippen LogP contribution in [0.2, 0.25) is 0 Å². The van der Waals surface area contributed by atoms with Gasteiger partial charge in [0.1, 0.15) is 17.5 Å². The first-order valence-corrected chi connectivity index (χ1v) is 7.11. The molecule has 4 N–H and O–H groups in total. The lowest BCUT2D eigenvalue weighted by molar-refractivity contribution is 0.301. The van der Waals surface area contributed by atoms with Gasteiger partial charge in [-0.1, -0.05) is 20.8 Å². The zero-order valence-corrected chi connectivity index (χ0v) is 12.8. The third-order valence-corrected chi connectivity index (χ3v) is 3.53. The van der Waals surface area contributed by atoms with Crippen molar-refractivity contribution in [2.75, 3.05) is 23.5 Å². The number of nitrogens with zero attached hydrogens (tertiary/aromatic N) is 3. The minimum Gasteiger partial charge on any atom is -0.395 e. The molecule has 6 nitrogen and oxygen atoms in total. The van der Waals surface area contributed by atoms with E-state index in [1.807, 2.05) is 6.92 Å². The minimum atomic E-state index is -0.150. The maximum absolute atomic E-state index is 9.30. The summed E-state index contributed by atoms with van der Waals surface area (Å²) in [6.07, 6.45) is 2.30. The van der Waals surface area contributed by atoms with E-state index in [2.05, 4.69) is 36.1 Å². The molecule has 0 unspecified atom stereocenters. The highest BCUT2D eigenvalue weighted by molar-refractivity contribution is 5.59. The zero-order chi connectivity index (χ0) is 14.9. The highest BCUT2D eigenvalue weighted by atomic mass is 16.3. The van der Waals surface area contributed by atoms with Crippen molar-refractivity contribution in [3.05, 3.63) is 11.4 Å². The Balaban J connectivity index is 2.49. The molecule has 1 saturated carbocycles. The highest BCUT2D eigenvalue weighted by Crippen LogP contribution is 2.35. The van der Waals surface area contributed by atoms with Crippen LogP contribution in [0.4, 0.5) is 11.6 Å². The number of hydrogen-bond acceptors (Lipinski definition) is 6. The molecule has 0 atom stereocenters. The van der Waals surface area contributed by atoms with Crippen LogP contribution in [-0.2, 0) is 5.41 Å². The second kappa shape index (κ2) is 5.54. The van der Waals surface area contributed by atoms with Gasteiger partial charge < -0.3 is 15.4 Å². The van der Waals surface area contributed by atoms with Crippen LogP contribution in [0.15, 0.2) is 0 Å². The molecule has 0 radical (unpaired) electrons. The molecular weight excluding hydrogens is 254 g/mol. The molecule has 1 aromatic heterocycles. The number of hydrazine groups is 1. The van der Waals surface area contributed by atoms with Crippen molar-refractivity contribution in [1.82, 2.24) is 9.97 Å². The van der Waals surface area contributed by atoms with Crippen LogP contribution >= 0.6 is 0 Å². The molecule has 0 aromatic carbocycles. The number of rotatable bonds is 5. The van der Waals surface area contributed by atoms with Gasteiger partial charge in [0.25, 0.3) is 0 Å². The van der Waals surface area contributed by atoms with Gasteiger partial charge in [0.15, 0.2) is 0 Å². The van der Waals surface area contributed by atoms with Crippen molar-refractivity contribution in [3.63, 3.8) is 0 Å². The van der Waals surface area contributed by atoms with Gasteiger partial charge in [-0.3, -0.25) is 0 Å². The summed E-state index contributed by atoms with van der Waals surface area (Å²) in [5.41, 5.74) is 3.45. The molecule has 1 heterocycles. The van der Waals surface area contributed by atoms with Crippen molar-refractivity contribution < 1.29 is 5.11 Å². The molecule has 1 fully saturated rings. The molecular formula is C14H25N5O. The minimum absolute atomic E-state index is 0.121. The van der Waals surface area contributed by atoms with Crippen LogP contribution in [0.1, 0.15) is 45.0 Å². The molecule has 1 aliphatic carbocycles. The summed E-state index contributed by atoms with van der Waals surface area (Å²) in [5, 5.41) is 9.30. The Morgan fingerprint density at radius 3 is 2.45 bits per heavy atom. The Morgan fingerprint density at radius 2 is 2.00 bits per heavy atom. The summed E-state index contributed by atoms with van der Waals surface area (Å²) in [6, 6.07) is 0.481. The monoisotopic (exact) mass is 279 g/mol. The third-order valence-electron chi connectivity index (χ3n) is 3.53. The van der Waals surface area contributed by atoms with Gasteiger partial charge >= 0.3 is 0 Å². The number of nitrogens with one attached hydrogen (secondary N) is 1. The van der Waals surface area contributed by atoms with E-state index in [4.69, 9.17) is 10.8 Å². The van der Waals surface area contributed by atoms with E-state index in [1.165, 1.54) is 0 Å². The van der Waals surface area contributed by atoms with Crippen LogP contribution in [0.3, 0.4) is 0 Å². The summed E-state index contributed by atoms with van der Waals surface area (Å²) in [7, 11) is 0. The van der Waals surface area contributed by atoms with Gasteiger partial charge in [-0.25, -0.2) is 15.8 Å². The van der Waals surface area contributed by atoms with Crippen molar-refractivity contribution in [3.8, 4) is 0 Å². The van der Waals surface area contributed by atoms with Crippen LogP contribution in [0, 0.1) is 6.92 Å². The van der Waals surface area contributed by atoms with E-state index in [9.17, 15) is 5.11 Å². The molecule has 1 aromatic rings. The molecule has 0 spiro atoms. The molecule has 0 bridgehead atoms. The van der Waals surface area contributed by atoms with Crippen molar-refractivity contribution in [1.29, 1.82) is 0 Å². The number of hydrogen-bond donors (Lipinski definition) is 3. The highest BCUT2D eigenvalue weighted by Gasteiger charge is 2.32. The number of aromatic nitrogens is 2. The fourth-order valence-corrected chi connectivity index (χ4v) is 2.22. The number of nitrogens with two attached hydrogens (primary N) is 1. The molecule has 6 heteroatoms. The average molecular weight is 279 g/mol. The van der Waals surface area contributed by atoms with E-state index in [0.717, 1.165) is 30.0 Å². The first kappa shape index (κ1) is 15.0. The summed E-state index contributed by atoms with van der Waals surface area (Å²) in [5.74, 6) is 7.89. The smallest absolute Gasteiger partial charge is 0.148 e. The van der Waals surface area contributed by atoms with Gasteiger partial charge in [-0.05, 0) is 19.8 Å². The standard InChI is InChI=1S/C14H25N5O/c1-9-11(18-15)16-13(14(2,3)4)17-12(9)19(7-8-20)10-5-6-10/h10,20H,5-8,15H2,1-4H3,(H,16,17,18). The SMILES string of the molecule is Cc1c(NN)nc(C(C)(C)C)nc1N(CCO)C1CC1. The first-order chi connectivity index (χ1) is 9.38. The Morgan fingerprint density at radius 1 is 1.35 bits per heavy atom. The molecule has 0 saturated heterocycles. The Kier molecular flexibility index (Phi) is 4.15. The maximum Gasteiger partial charge on any atom is 0.148 e. The van der Waals surface area contributed by atoms with E-state index in [1.54, 1.807) is 0 Å². The lowest BCUT2D eigenvalue weighted by Crippen LogP contribution is -2.32. The number of aliphatic hydroxyl groups is 1. The Hall–Kier alpha value is -1.40.